The molecule has 7 heteroatoms. The summed E-state index contributed by atoms with van der Waals surface area (Å²) in [7, 11) is -3.76. The minimum absolute atomic E-state index is 0. The summed E-state index contributed by atoms with van der Waals surface area (Å²) in [5, 5.41) is 0. The maximum Gasteiger partial charge on any atom is 0.245 e. The van der Waals surface area contributed by atoms with Gasteiger partial charge in [-0.1, -0.05) is 12.1 Å². The van der Waals surface area contributed by atoms with Gasteiger partial charge in [-0.25, -0.2) is 12.8 Å². The number of hydrogen-bond donors (Lipinski definition) is 1. The molecule has 2 atom stereocenters. The first kappa shape index (κ1) is 17.4. The fraction of sp³-hybridized carbons (Fsp3) is 0.538. The summed E-state index contributed by atoms with van der Waals surface area (Å²) >= 11 is 0. The van der Waals surface area contributed by atoms with Crippen LogP contribution in [0.3, 0.4) is 0 Å². The SMILES string of the molecule is CC(N)C1CCCN(S(=O)(=O)c2ccccc2F)C1.Cl. The molecule has 0 radical (unpaired) electrons. The fourth-order valence-corrected chi connectivity index (χ4v) is 4.01. The molecule has 0 aliphatic carbocycles. The first-order valence-corrected chi connectivity index (χ1v) is 7.87. The fourth-order valence-electron chi connectivity index (χ4n) is 2.41. The molecule has 1 aromatic rings. The van der Waals surface area contributed by atoms with Gasteiger partial charge in [-0.3, -0.25) is 0 Å². The highest BCUT2D eigenvalue weighted by molar-refractivity contribution is 7.89. The quantitative estimate of drug-likeness (QED) is 0.925. The molecule has 1 saturated heterocycles. The topological polar surface area (TPSA) is 63.4 Å². The number of hydrogen-bond acceptors (Lipinski definition) is 3. The van der Waals surface area contributed by atoms with Gasteiger partial charge in [-0.05, 0) is 37.8 Å². The van der Waals surface area contributed by atoms with Crippen molar-refractivity contribution in [2.75, 3.05) is 13.1 Å². The van der Waals surface area contributed by atoms with E-state index in [0.717, 1.165) is 12.8 Å². The highest BCUT2D eigenvalue weighted by Gasteiger charge is 2.32. The summed E-state index contributed by atoms with van der Waals surface area (Å²) < 4.78 is 39.9. The van der Waals surface area contributed by atoms with Crippen LogP contribution in [-0.4, -0.2) is 31.9 Å². The molecule has 0 aromatic heterocycles. The molecule has 2 rings (SSSR count). The van der Waals surface area contributed by atoms with Crippen LogP contribution in [-0.2, 0) is 10.0 Å². The second-order valence-electron chi connectivity index (χ2n) is 5.05. The van der Waals surface area contributed by atoms with Crippen molar-refractivity contribution >= 4 is 22.4 Å². The summed E-state index contributed by atoms with van der Waals surface area (Å²) in [5.74, 6) is -0.569. The lowest BCUT2D eigenvalue weighted by atomic mass is 9.93. The van der Waals surface area contributed by atoms with E-state index in [1.54, 1.807) is 0 Å². The van der Waals surface area contributed by atoms with E-state index in [4.69, 9.17) is 5.73 Å². The Morgan fingerprint density at radius 3 is 2.65 bits per heavy atom. The van der Waals surface area contributed by atoms with Crippen molar-refractivity contribution in [3.05, 3.63) is 30.1 Å². The van der Waals surface area contributed by atoms with Gasteiger partial charge in [-0.2, -0.15) is 4.31 Å². The molecule has 1 fully saturated rings. The lowest BCUT2D eigenvalue weighted by molar-refractivity contribution is 0.242. The molecule has 1 heterocycles. The Kier molecular flexibility index (Phi) is 5.94. The standard InChI is InChI=1S/C13H19FN2O2S.ClH/c1-10(15)11-5-4-8-16(9-11)19(17,18)13-7-3-2-6-12(13)14;/h2-3,6-7,10-11H,4-5,8-9,15H2,1H3;1H. The Morgan fingerprint density at radius 2 is 2.05 bits per heavy atom. The van der Waals surface area contributed by atoms with Gasteiger partial charge in [0.25, 0.3) is 0 Å². The Bertz CT molecular complexity index is 551. The zero-order valence-corrected chi connectivity index (χ0v) is 13.0. The average molecular weight is 323 g/mol. The highest BCUT2D eigenvalue weighted by Crippen LogP contribution is 2.26. The molecule has 0 bridgehead atoms. The van der Waals surface area contributed by atoms with Crippen LogP contribution in [0.5, 0.6) is 0 Å². The van der Waals surface area contributed by atoms with Crippen LogP contribution in [0.1, 0.15) is 19.8 Å². The smallest absolute Gasteiger partial charge is 0.245 e. The summed E-state index contributed by atoms with van der Waals surface area (Å²) in [6.07, 6.45) is 1.68. The maximum atomic E-state index is 13.7. The largest absolute Gasteiger partial charge is 0.328 e. The van der Waals surface area contributed by atoms with Crippen LogP contribution in [0.4, 0.5) is 4.39 Å². The van der Waals surface area contributed by atoms with E-state index < -0.39 is 15.8 Å². The van der Waals surface area contributed by atoms with Crippen molar-refractivity contribution in [1.82, 2.24) is 4.31 Å². The summed E-state index contributed by atoms with van der Waals surface area (Å²) in [6.45, 7) is 2.68. The maximum absolute atomic E-state index is 13.7. The zero-order chi connectivity index (χ0) is 14.0. The Labute approximate surface area is 125 Å². The lowest BCUT2D eigenvalue weighted by Crippen LogP contribution is -2.45. The van der Waals surface area contributed by atoms with Crippen LogP contribution in [0.15, 0.2) is 29.2 Å². The number of halogens is 2. The van der Waals surface area contributed by atoms with Gasteiger partial charge < -0.3 is 5.73 Å². The van der Waals surface area contributed by atoms with Crippen LogP contribution in [0.2, 0.25) is 0 Å². The molecule has 1 aliphatic rings. The summed E-state index contributed by atoms with van der Waals surface area (Å²) in [5.41, 5.74) is 5.85. The van der Waals surface area contributed by atoms with Crippen LogP contribution in [0.25, 0.3) is 0 Å². The van der Waals surface area contributed by atoms with E-state index >= 15 is 0 Å². The van der Waals surface area contributed by atoms with Crippen molar-refractivity contribution < 1.29 is 12.8 Å². The van der Waals surface area contributed by atoms with Crippen molar-refractivity contribution in [3.63, 3.8) is 0 Å². The normalized spacial score (nSPS) is 22.1. The molecule has 0 saturated carbocycles. The van der Waals surface area contributed by atoms with E-state index in [0.29, 0.717) is 13.1 Å². The van der Waals surface area contributed by atoms with Gasteiger partial charge in [0.15, 0.2) is 0 Å². The van der Waals surface area contributed by atoms with Crippen molar-refractivity contribution in [2.45, 2.75) is 30.7 Å². The molecule has 1 aromatic carbocycles. The van der Waals surface area contributed by atoms with E-state index in [2.05, 4.69) is 0 Å². The second-order valence-corrected chi connectivity index (χ2v) is 6.96. The Hall–Kier alpha value is -0.690. The number of nitrogens with two attached hydrogens (primary N) is 1. The van der Waals surface area contributed by atoms with Gasteiger partial charge in [0.05, 0.1) is 0 Å². The molecule has 4 nitrogen and oxygen atoms in total. The Balaban J connectivity index is 0.00000200. The van der Waals surface area contributed by atoms with Gasteiger partial charge in [0, 0.05) is 19.1 Å². The molecule has 2 unspecified atom stereocenters. The average Bonchev–Trinajstić information content (AvgIpc) is 2.39. The number of piperidine rings is 1. The molecular formula is C13H20ClFN2O2S. The first-order chi connectivity index (χ1) is 8.93. The zero-order valence-electron chi connectivity index (χ0n) is 11.3. The molecule has 0 spiro atoms. The molecule has 0 amide bonds. The predicted molar refractivity (Wildman–Crippen MR) is 78.8 cm³/mol. The van der Waals surface area contributed by atoms with Gasteiger partial charge in [0.2, 0.25) is 10.0 Å². The minimum atomic E-state index is -3.76. The molecule has 2 N–H and O–H groups in total. The lowest BCUT2D eigenvalue weighted by Gasteiger charge is -2.33. The van der Waals surface area contributed by atoms with E-state index in [-0.39, 0.29) is 29.3 Å². The van der Waals surface area contributed by atoms with Gasteiger partial charge in [-0.15, -0.1) is 12.4 Å². The molecule has 20 heavy (non-hydrogen) atoms. The third kappa shape index (κ3) is 3.49. The van der Waals surface area contributed by atoms with Crippen molar-refractivity contribution in [1.29, 1.82) is 0 Å². The predicted octanol–water partition coefficient (Wildman–Crippen LogP) is 2.00. The van der Waals surface area contributed by atoms with Crippen LogP contribution in [0, 0.1) is 11.7 Å². The third-order valence-electron chi connectivity index (χ3n) is 3.62. The summed E-state index contributed by atoms with van der Waals surface area (Å²) in [6, 6.07) is 5.43. The monoisotopic (exact) mass is 322 g/mol. The number of nitrogens with zero attached hydrogens (tertiary/aromatic N) is 1. The van der Waals surface area contributed by atoms with Crippen molar-refractivity contribution in [2.24, 2.45) is 11.7 Å². The number of sulfonamides is 1. The molecule has 114 valence electrons. The van der Waals surface area contributed by atoms with E-state index in [1.807, 2.05) is 6.92 Å². The number of rotatable bonds is 3. The molecular weight excluding hydrogens is 303 g/mol. The first-order valence-electron chi connectivity index (χ1n) is 6.43. The number of benzene rings is 1. The third-order valence-corrected chi connectivity index (χ3v) is 5.52. The van der Waals surface area contributed by atoms with Gasteiger partial charge >= 0.3 is 0 Å². The van der Waals surface area contributed by atoms with E-state index in [9.17, 15) is 12.8 Å². The molecule has 1 aliphatic heterocycles. The highest BCUT2D eigenvalue weighted by atomic mass is 35.5. The second kappa shape index (κ2) is 6.85. The summed E-state index contributed by atoms with van der Waals surface area (Å²) in [4.78, 5) is -0.250. The minimum Gasteiger partial charge on any atom is -0.328 e. The van der Waals surface area contributed by atoms with Crippen LogP contribution < -0.4 is 5.73 Å². The van der Waals surface area contributed by atoms with E-state index in [1.165, 1.54) is 28.6 Å². The van der Waals surface area contributed by atoms with Gasteiger partial charge in [0.1, 0.15) is 10.7 Å². The van der Waals surface area contributed by atoms with Crippen LogP contribution >= 0.6 is 12.4 Å². The van der Waals surface area contributed by atoms with Crippen molar-refractivity contribution in [3.8, 4) is 0 Å². The Morgan fingerprint density at radius 1 is 1.40 bits per heavy atom.